The van der Waals surface area contributed by atoms with Crippen LogP contribution in [0.5, 0.6) is 0 Å². The molecule has 0 saturated heterocycles. The second-order valence-corrected chi connectivity index (χ2v) is 7.44. The Balaban J connectivity index is 1.72. The summed E-state index contributed by atoms with van der Waals surface area (Å²) >= 11 is 0. The fraction of sp³-hybridized carbons (Fsp3) is 0.273. The summed E-state index contributed by atoms with van der Waals surface area (Å²) < 4.78 is 13.7. The molecule has 30 heavy (non-hydrogen) atoms. The molecule has 0 bridgehead atoms. The van der Waals surface area contributed by atoms with E-state index in [1.54, 1.807) is 25.8 Å². The molecule has 0 saturated carbocycles. The van der Waals surface area contributed by atoms with Crippen LogP contribution in [0.1, 0.15) is 37.0 Å². The van der Waals surface area contributed by atoms with Gasteiger partial charge >= 0.3 is 0 Å². The molecule has 0 spiro atoms. The Bertz CT molecular complexity index is 1180. The largest absolute Gasteiger partial charge is 0.363 e. The van der Waals surface area contributed by atoms with Gasteiger partial charge in [-0.15, -0.1) is 0 Å². The van der Waals surface area contributed by atoms with Crippen LogP contribution in [0.2, 0.25) is 0 Å². The smallest absolute Gasteiger partial charge is 0.173 e. The van der Waals surface area contributed by atoms with E-state index in [-0.39, 0.29) is 5.49 Å². The van der Waals surface area contributed by atoms with Crippen LogP contribution in [0.15, 0.2) is 61.2 Å². The Hall–Kier alpha value is -3.36. The number of aromatic amines is 1. The molecule has 1 aromatic carbocycles. The first-order valence-electron chi connectivity index (χ1n) is 9.62. The lowest BCUT2D eigenvalue weighted by Crippen LogP contribution is -2.23. The number of hydrogen-bond acceptors (Lipinski definition) is 6. The Morgan fingerprint density at radius 3 is 2.57 bits per heavy atom. The van der Waals surface area contributed by atoms with E-state index in [0.717, 1.165) is 11.1 Å². The van der Waals surface area contributed by atoms with Gasteiger partial charge in [0.1, 0.15) is 23.3 Å². The fourth-order valence-corrected chi connectivity index (χ4v) is 3.25. The van der Waals surface area contributed by atoms with Crippen molar-refractivity contribution in [1.82, 2.24) is 24.5 Å². The van der Waals surface area contributed by atoms with Gasteiger partial charge in [0.25, 0.3) is 0 Å². The van der Waals surface area contributed by atoms with E-state index in [9.17, 15) is 0 Å². The number of nitrogens with zero attached hydrogens (tertiary/aromatic N) is 4. The third-order valence-corrected chi connectivity index (χ3v) is 4.96. The van der Waals surface area contributed by atoms with Crippen molar-refractivity contribution in [2.45, 2.75) is 32.3 Å². The van der Waals surface area contributed by atoms with E-state index < -0.39 is 11.8 Å². The molecule has 0 radical (unpaired) electrons. The first-order chi connectivity index (χ1) is 14.5. The lowest BCUT2D eigenvalue weighted by molar-refractivity contribution is -0.0393. The third-order valence-electron chi connectivity index (χ3n) is 4.96. The first kappa shape index (κ1) is 19.9. The van der Waals surface area contributed by atoms with Crippen molar-refractivity contribution in [1.29, 1.82) is 5.41 Å². The maximum Gasteiger partial charge on any atom is 0.173 e. The lowest BCUT2D eigenvalue weighted by atomic mass is 10.1. The van der Waals surface area contributed by atoms with E-state index in [1.807, 2.05) is 60.9 Å². The maximum absolute atomic E-state index is 8.23. The summed E-state index contributed by atoms with van der Waals surface area (Å²) in [5.41, 5.74) is 2.52. The molecular weight excluding hydrogens is 380 g/mol. The van der Waals surface area contributed by atoms with Crippen LogP contribution in [-0.4, -0.2) is 31.6 Å². The number of hydrogen-bond donors (Lipinski definition) is 2. The Morgan fingerprint density at radius 2 is 1.87 bits per heavy atom. The number of imidazole rings is 1. The molecule has 4 rings (SSSR count). The average Bonchev–Trinajstić information content (AvgIpc) is 3.24. The SMILES string of the molecule is COC(c1ccccc1)n1cnc(=N)c2[nH]c(C(C)(C)OCc3ccncc3)nc21. The summed E-state index contributed by atoms with van der Waals surface area (Å²) in [6.45, 7) is 4.31. The molecule has 0 aliphatic rings. The lowest BCUT2D eigenvalue weighted by Gasteiger charge is -2.23. The zero-order valence-corrected chi connectivity index (χ0v) is 17.2. The average molecular weight is 404 g/mol. The molecule has 8 nitrogen and oxygen atoms in total. The van der Waals surface area contributed by atoms with Gasteiger partial charge in [-0.3, -0.25) is 15.0 Å². The number of fused-ring (bicyclic) bond motifs is 1. The number of pyridine rings is 1. The normalized spacial score (nSPS) is 12.9. The Morgan fingerprint density at radius 1 is 1.13 bits per heavy atom. The van der Waals surface area contributed by atoms with Crippen LogP contribution >= 0.6 is 0 Å². The van der Waals surface area contributed by atoms with E-state index in [2.05, 4.69) is 15.0 Å². The van der Waals surface area contributed by atoms with Gasteiger partial charge in [-0.05, 0) is 31.5 Å². The van der Waals surface area contributed by atoms with Crippen LogP contribution in [0.3, 0.4) is 0 Å². The quantitative estimate of drug-likeness (QED) is 0.492. The second-order valence-electron chi connectivity index (χ2n) is 7.44. The van der Waals surface area contributed by atoms with Crippen molar-refractivity contribution < 1.29 is 9.47 Å². The van der Waals surface area contributed by atoms with Gasteiger partial charge in [0, 0.05) is 25.1 Å². The highest BCUT2D eigenvalue weighted by molar-refractivity contribution is 5.69. The molecular formula is C22H24N6O2. The van der Waals surface area contributed by atoms with Crippen molar-refractivity contribution >= 4 is 11.2 Å². The van der Waals surface area contributed by atoms with E-state index in [0.29, 0.717) is 23.6 Å². The summed E-state index contributed by atoms with van der Waals surface area (Å²) in [5.74, 6) is 0.615. The highest BCUT2D eigenvalue weighted by Gasteiger charge is 2.27. The number of nitrogens with one attached hydrogen (secondary N) is 2. The van der Waals surface area contributed by atoms with Crippen molar-refractivity contribution in [3.8, 4) is 0 Å². The first-order valence-corrected chi connectivity index (χ1v) is 9.62. The summed E-state index contributed by atoms with van der Waals surface area (Å²) in [4.78, 5) is 16.3. The van der Waals surface area contributed by atoms with Crippen LogP contribution in [-0.2, 0) is 21.7 Å². The molecule has 1 unspecified atom stereocenters. The highest BCUT2D eigenvalue weighted by Crippen LogP contribution is 2.27. The molecule has 2 N–H and O–H groups in total. The van der Waals surface area contributed by atoms with Gasteiger partial charge in [-0.1, -0.05) is 30.3 Å². The molecule has 154 valence electrons. The van der Waals surface area contributed by atoms with Gasteiger partial charge in [-0.2, -0.15) is 0 Å². The minimum atomic E-state index is -0.706. The number of benzene rings is 1. The minimum absolute atomic E-state index is 0.118. The van der Waals surface area contributed by atoms with Gasteiger partial charge in [0.2, 0.25) is 0 Å². The second kappa shape index (κ2) is 8.17. The van der Waals surface area contributed by atoms with Gasteiger partial charge in [0.05, 0.1) is 6.61 Å². The molecule has 8 heteroatoms. The summed E-state index contributed by atoms with van der Waals surface area (Å²) in [6.07, 6.45) is 4.64. The van der Waals surface area contributed by atoms with Crippen LogP contribution in [0.4, 0.5) is 0 Å². The Labute approximate surface area is 174 Å². The molecule has 1 atom stereocenters. The van der Waals surface area contributed by atoms with E-state index >= 15 is 0 Å². The maximum atomic E-state index is 8.23. The summed E-state index contributed by atoms with van der Waals surface area (Å²) in [6, 6.07) is 13.7. The van der Waals surface area contributed by atoms with Crippen LogP contribution in [0.25, 0.3) is 11.2 Å². The molecule has 3 aromatic heterocycles. The predicted octanol–water partition coefficient (Wildman–Crippen LogP) is 3.28. The molecule has 0 fully saturated rings. The number of rotatable bonds is 7. The monoisotopic (exact) mass is 404 g/mol. The number of H-pyrrole nitrogens is 1. The number of ether oxygens (including phenoxy) is 2. The van der Waals surface area contributed by atoms with Gasteiger partial charge in [0.15, 0.2) is 17.4 Å². The summed E-state index contributed by atoms with van der Waals surface area (Å²) in [7, 11) is 1.64. The molecule has 0 aliphatic carbocycles. The van der Waals surface area contributed by atoms with Gasteiger partial charge < -0.3 is 14.5 Å². The van der Waals surface area contributed by atoms with Crippen molar-refractivity contribution in [2.75, 3.05) is 7.11 Å². The van der Waals surface area contributed by atoms with Crippen LogP contribution < -0.4 is 5.49 Å². The Kier molecular flexibility index (Phi) is 5.43. The van der Waals surface area contributed by atoms with E-state index in [4.69, 9.17) is 19.9 Å². The number of aromatic nitrogens is 5. The molecule has 3 heterocycles. The predicted molar refractivity (Wildman–Crippen MR) is 111 cm³/mol. The van der Waals surface area contributed by atoms with Gasteiger partial charge in [-0.25, -0.2) is 9.97 Å². The third kappa shape index (κ3) is 3.87. The molecule has 4 aromatic rings. The highest BCUT2D eigenvalue weighted by atomic mass is 16.5. The topological polar surface area (TPSA) is 102 Å². The van der Waals surface area contributed by atoms with Crippen LogP contribution in [0, 0.1) is 5.41 Å². The zero-order valence-electron chi connectivity index (χ0n) is 17.2. The van der Waals surface area contributed by atoms with Crippen molar-refractivity contribution in [3.05, 3.63) is 83.6 Å². The van der Waals surface area contributed by atoms with Crippen molar-refractivity contribution in [2.24, 2.45) is 0 Å². The minimum Gasteiger partial charge on any atom is -0.363 e. The molecule has 0 aliphatic heterocycles. The zero-order chi connectivity index (χ0) is 21.1. The van der Waals surface area contributed by atoms with Crippen molar-refractivity contribution in [3.63, 3.8) is 0 Å². The molecule has 0 amide bonds. The summed E-state index contributed by atoms with van der Waals surface area (Å²) in [5, 5.41) is 8.23. The number of methoxy groups -OCH3 is 1. The fourth-order valence-electron chi connectivity index (χ4n) is 3.25. The van der Waals surface area contributed by atoms with E-state index in [1.165, 1.54) is 0 Å². The standard InChI is InChI=1S/C22H24N6O2/c1-22(2,30-13-15-9-11-24-12-10-15)21-26-17-18(23)25-14-28(19(17)27-21)20(29-3)16-7-5-4-6-8-16/h4-12,14,20,23H,13H2,1-3H3,(H,26,27).